The monoisotopic (exact) mass is 199 g/mol. The van der Waals surface area contributed by atoms with Gasteiger partial charge >= 0.3 is 41.3 Å². The molecule has 3 atom stereocenters. The summed E-state index contributed by atoms with van der Waals surface area (Å²) in [5.74, 6) is 0. The standard InChI is InChI=1S/H4P3.Ru/c1-3-2;/h1,3H,2H2;/q-1;+1. The molecule has 0 aliphatic heterocycles. The van der Waals surface area contributed by atoms with Crippen LogP contribution in [0, 0.1) is 0 Å². The second-order valence-corrected chi connectivity index (χ2v) is 8.60. The Morgan fingerprint density at radius 3 is 2.00 bits per heavy atom. The molecule has 4 heteroatoms. The van der Waals surface area contributed by atoms with Crippen LogP contribution in [0.4, 0.5) is 0 Å². The summed E-state index contributed by atoms with van der Waals surface area (Å²) in [6.07, 6.45) is 0. The van der Waals surface area contributed by atoms with Crippen LogP contribution in [-0.2, 0) is 17.8 Å². The van der Waals surface area contributed by atoms with E-state index < -0.39 is 0 Å². The van der Waals surface area contributed by atoms with Crippen molar-refractivity contribution in [2.75, 3.05) is 0 Å². The van der Waals surface area contributed by atoms with Crippen LogP contribution < -0.4 is 0 Å². The van der Waals surface area contributed by atoms with Crippen molar-refractivity contribution in [1.29, 1.82) is 0 Å². The van der Waals surface area contributed by atoms with Crippen LogP contribution in [0.3, 0.4) is 0 Å². The molecule has 0 fully saturated rings. The summed E-state index contributed by atoms with van der Waals surface area (Å²) >= 11 is 2.60. The first-order valence-corrected chi connectivity index (χ1v) is 7.99. The molecule has 0 nitrogen and oxygen atoms in total. The molecule has 0 N–H and O–H groups in total. The summed E-state index contributed by atoms with van der Waals surface area (Å²) < 4.78 is 0. The third kappa shape index (κ3) is 3.91. The topological polar surface area (TPSA) is 0 Å². The van der Waals surface area contributed by atoms with Crippen molar-refractivity contribution in [3.8, 4) is 0 Å². The predicted molar refractivity (Wildman–Crippen MR) is 26.3 cm³/mol. The van der Waals surface area contributed by atoms with E-state index in [0.29, 0.717) is 0 Å². The molecule has 0 aliphatic carbocycles. The Hall–Kier alpha value is 1.91. The molecule has 0 spiro atoms. The fourth-order valence-corrected chi connectivity index (χ4v) is 0. The second-order valence-electron chi connectivity index (χ2n) is 0.233. The van der Waals surface area contributed by atoms with E-state index in [1.807, 2.05) is 0 Å². The van der Waals surface area contributed by atoms with Gasteiger partial charge in [0.1, 0.15) is 0 Å². The second kappa shape index (κ2) is 4.91. The Labute approximate surface area is 41.6 Å². The Bertz CT molecular complexity index is 5.25. The van der Waals surface area contributed by atoms with Gasteiger partial charge in [-0.15, -0.1) is 0 Å². The van der Waals surface area contributed by atoms with Gasteiger partial charge in [-0.25, -0.2) is 0 Å². The summed E-state index contributed by atoms with van der Waals surface area (Å²) in [6, 6.07) is 0. The fraction of sp³-hybridized carbons (Fsp3) is 0. The zero-order chi connectivity index (χ0) is 3.41. The maximum atomic E-state index is 2.68. The number of rotatable bonds is 1. The molecule has 27 valence electrons. The Balaban J connectivity index is 1.97. The molecule has 3 unspecified atom stereocenters. The zero-order valence-corrected chi connectivity index (χ0v) is 6.82. The molecule has 0 saturated heterocycles. The Morgan fingerprint density at radius 2 is 2.00 bits per heavy atom. The van der Waals surface area contributed by atoms with Crippen molar-refractivity contribution >= 4 is 23.5 Å². The average molecular weight is 198 g/mol. The van der Waals surface area contributed by atoms with Crippen LogP contribution in [0.15, 0.2) is 0 Å². The predicted octanol–water partition coefficient (Wildman–Crippen LogP) is 1.51. The van der Waals surface area contributed by atoms with Crippen LogP contribution in [0.2, 0.25) is 0 Å². The molecule has 0 radical (unpaired) electrons. The van der Waals surface area contributed by atoms with Gasteiger partial charge in [-0.05, 0) is 0 Å². The first-order valence-electron chi connectivity index (χ1n) is 0.715. The van der Waals surface area contributed by atoms with Crippen LogP contribution in [0.1, 0.15) is 0 Å². The normalized spacial score (nSPS) is 13.5. The van der Waals surface area contributed by atoms with Crippen LogP contribution in [-0.4, -0.2) is 0 Å². The molecule has 0 aromatic carbocycles. The summed E-state index contributed by atoms with van der Waals surface area (Å²) in [6.45, 7) is 1.06. The molecule has 4 heavy (non-hydrogen) atoms. The van der Waals surface area contributed by atoms with Crippen molar-refractivity contribution < 1.29 is 17.8 Å². The average Bonchev–Trinajstić information content (AvgIpc) is 1.37. The van der Waals surface area contributed by atoms with Crippen molar-refractivity contribution in [3.63, 3.8) is 0 Å². The van der Waals surface area contributed by atoms with Gasteiger partial charge in [0.15, 0.2) is 0 Å². The number of hydrogen-bond donors (Lipinski definition) is 0. The Kier molecular flexibility index (Phi) is 7.26. The maximum absolute atomic E-state index is 2.68. The third-order valence-electron chi connectivity index (χ3n) is 0.0510. The van der Waals surface area contributed by atoms with Crippen molar-refractivity contribution in [1.82, 2.24) is 0 Å². The van der Waals surface area contributed by atoms with Crippen molar-refractivity contribution in [2.24, 2.45) is 0 Å². The van der Waals surface area contributed by atoms with Gasteiger partial charge in [0, 0.05) is 0 Å². The minimum atomic E-state index is 1.05. The van der Waals surface area contributed by atoms with E-state index in [2.05, 4.69) is 26.7 Å². The van der Waals surface area contributed by atoms with E-state index in [1.54, 1.807) is 0 Å². The molecule has 0 amide bonds. The molecule has 0 heterocycles. The van der Waals surface area contributed by atoms with E-state index in [4.69, 9.17) is 0 Å². The van der Waals surface area contributed by atoms with E-state index in [0.717, 1.165) is 14.6 Å². The van der Waals surface area contributed by atoms with Crippen LogP contribution in [0.25, 0.3) is 0 Å². The van der Waals surface area contributed by atoms with E-state index >= 15 is 0 Å². The number of hydrogen-bond acceptors (Lipinski definition) is 0. The molecule has 0 rings (SSSR count). The van der Waals surface area contributed by atoms with Gasteiger partial charge in [-0.1, -0.05) is 0 Å². The first-order chi connectivity index (χ1) is 1.91. The molecule has 0 aliphatic rings. The molecular formula is H4P3Ru. The van der Waals surface area contributed by atoms with Crippen LogP contribution >= 0.6 is 23.5 Å². The van der Waals surface area contributed by atoms with Gasteiger partial charge in [-0.2, -0.15) is 0 Å². The zero-order valence-electron chi connectivity index (χ0n) is 1.93. The third-order valence-corrected chi connectivity index (χ3v) is 8.15. The summed E-state index contributed by atoms with van der Waals surface area (Å²) in [4.78, 5) is 0. The summed E-state index contributed by atoms with van der Waals surface area (Å²) in [5, 5.41) is 0. The molecule has 0 saturated carbocycles. The molecule has 0 bridgehead atoms. The minimum absolute atomic E-state index is 1.05. The van der Waals surface area contributed by atoms with E-state index in [-0.39, 0.29) is 0 Å². The SMILES string of the molecule is PP[PH][Ru]. The van der Waals surface area contributed by atoms with Gasteiger partial charge in [0.25, 0.3) is 0 Å². The molecule has 0 aromatic heterocycles. The quantitative estimate of drug-likeness (QED) is 0.442. The molecule has 0 aromatic rings. The van der Waals surface area contributed by atoms with Gasteiger partial charge in [-0.3, -0.25) is 0 Å². The van der Waals surface area contributed by atoms with E-state index in [9.17, 15) is 0 Å². The van der Waals surface area contributed by atoms with Crippen molar-refractivity contribution in [2.45, 2.75) is 0 Å². The van der Waals surface area contributed by atoms with Crippen molar-refractivity contribution in [3.05, 3.63) is 0 Å². The fourth-order valence-electron chi connectivity index (χ4n) is 0. The van der Waals surface area contributed by atoms with Gasteiger partial charge in [0.05, 0.1) is 0 Å². The first kappa shape index (κ1) is 5.91. The van der Waals surface area contributed by atoms with Crippen LogP contribution in [0.5, 0.6) is 0 Å². The summed E-state index contributed by atoms with van der Waals surface area (Å²) in [7, 11) is 3.73. The molecular weight excluding hydrogens is 194 g/mol. The Morgan fingerprint density at radius 1 is 1.75 bits per heavy atom. The van der Waals surface area contributed by atoms with Gasteiger partial charge < -0.3 is 0 Å². The summed E-state index contributed by atoms with van der Waals surface area (Å²) in [5.41, 5.74) is 0. The van der Waals surface area contributed by atoms with E-state index in [1.165, 1.54) is 0 Å². The van der Waals surface area contributed by atoms with Gasteiger partial charge in [0.2, 0.25) is 0 Å².